The van der Waals surface area contributed by atoms with Crippen LogP contribution in [0.5, 0.6) is 5.75 Å². The lowest BCUT2D eigenvalue weighted by molar-refractivity contribution is 0.0526. The van der Waals surface area contributed by atoms with E-state index < -0.39 is 5.97 Å². The first-order valence-corrected chi connectivity index (χ1v) is 12.0. The first-order chi connectivity index (χ1) is 16.5. The van der Waals surface area contributed by atoms with Crippen LogP contribution in [0.25, 0.3) is 21.7 Å². The molecule has 5 rings (SSSR count). The normalized spacial score (nSPS) is 16.2. The number of carbonyl (C=O) groups is 1. The molecular weight excluding hydrogens is 428 g/mol. The Balaban J connectivity index is 1.87. The fraction of sp³-hybridized carbons (Fsp3) is 0.357. The SMILES string of the molecule is CCOC(=O)c1c(C)oc2c1c(C(c1ccccn1)N1CCC(C)CC1)c(O)c1ccccc12. The average Bonchev–Trinajstić information content (AvgIpc) is 3.20. The highest BCUT2D eigenvalue weighted by Crippen LogP contribution is 2.47. The van der Waals surface area contributed by atoms with Crippen molar-refractivity contribution in [3.05, 3.63) is 71.2 Å². The number of furan rings is 1. The number of rotatable bonds is 5. The Morgan fingerprint density at radius 3 is 2.56 bits per heavy atom. The summed E-state index contributed by atoms with van der Waals surface area (Å²) in [6.07, 6.45) is 3.91. The second kappa shape index (κ2) is 9.11. The number of piperidine rings is 1. The predicted molar refractivity (Wildman–Crippen MR) is 132 cm³/mol. The van der Waals surface area contributed by atoms with Crippen LogP contribution in [-0.2, 0) is 4.74 Å². The zero-order valence-electron chi connectivity index (χ0n) is 19.9. The van der Waals surface area contributed by atoms with Gasteiger partial charge >= 0.3 is 5.97 Å². The van der Waals surface area contributed by atoms with E-state index in [1.165, 1.54) is 0 Å². The smallest absolute Gasteiger partial charge is 0.342 e. The molecule has 0 amide bonds. The van der Waals surface area contributed by atoms with Gasteiger partial charge in [0.2, 0.25) is 0 Å². The van der Waals surface area contributed by atoms with E-state index in [9.17, 15) is 9.90 Å². The molecule has 6 nitrogen and oxygen atoms in total. The van der Waals surface area contributed by atoms with E-state index in [-0.39, 0.29) is 18.4 Å². The summed E-state index contributed by atoms with van der Waals surface area (Å²) in [6, 6.07) is 13.1. The van der Waals surface area contributed by atoms with Crippen LogP contribution in [0.2, 0.25) is 0 Å². The standard InChI is InChI=1S/C28H30N2O4/c1-4-33-28(32)22-18(3)34-27-20-10-6-5-9-19(20)26(31)24(23(22)27)25(21-11-7-8-14-29-21)30-15-12-17(2)13-16-30/h5-11,14,17,25,31H,4,12-13,15-16H2,1-3H3. The van der Waals surface area contributed by atoms with E-state index in [1.54, 1.807) is 20.0 Å². The highest BCUT2D eigenvalue weighted by molar-refractivity contribution is 6.16. The number of hydrogen-bond donors (Lipinski definition) is 1. The molecule has 0 saturated carbocycles. The number of fused-ring (bicyclic) bond motifs is 3. The summed E-state index contributed by atoms with van der Waals surface area (Å²) in [7, 11) is 0. The maximum atomic E-state index is 13.1. The van der Waals surface area contributed by atoms with Gasteiger partial charge in [-0.15, -0.1) is 0 Å². The van der Waals surface area contributed by atoms with Crippen molar-refractivity contribution in [1.82, 2.24) is 9.88 Å². The number of aromatic nitrogens is 1. The van der Waals surface area contributed by atoms with Crippen LogP contribution in [0.15, 0.2) is 53.1 Å². The molecule has 176 valence electrons. The first-order valence-electron chi connectivity index (χ1n) is 12.0. The Morgan fingerprint density at radius 1 is 1.18 bits per heavy atom. The molecule has 0 spiro atoms. The van der Waals surface area contributed by atoms with Gasteiger partial charge in [-0.2, -0.15) is 0 Å². The molecule has 2 aromatic heterocycles. The third-order valence-electron chi connectivity index (χ3n) is 6.94. The Bertz CT molecular complexity index is 1340. The Hall–Kier alpha value is -3.38. The fourth-order valence-corrected chi connectivity index (χ4v) is 5.20. The molecule has 1 aliphatic heterocycles. The van der Waals surface area contributed by atoms with Crippen LogP contribution in [-0.4, -0.2) is 40.7 Å². The van der Waals surface area contributed by atoms with E-state index in [2.05, 4.69) is 11.8 Å². The fourth-order valence-electron chi connectivity index (χ4n) is 5.20. The largest absolute Gasteiger partial charge is 0.507 e. The predicted octanol–water partition coefficient (Wildman–Crippen LogP) is 5.99. The van der Waals surface area contributed by atoms with E-state index in [0.29, 0.717) is 39.2 Å². The van der Waals surface area contributed by atoms with Gasteiger partial charge in [0, 0.05) is 27.9 Å². The van der Waals surface area contributed by atoms with Gasteiger partial charge in [0.15, 0.2) is 0 Å². The number of pyridine rings is 1. The molecule has 1 aliphatic rings. The summed E-state index contributed by atoms with van der Waals surface area (Å²) < 4.78 is 11.6. The number of nitrogens with zero attached hydrogens (tertiary/aromatic N) is 2. The van der Waals surface area contributed by atoms with Gasteiger partial charge in [-0.1, -0.05) is 37.3 Å². The van der Waals surface area contributed by atoms with E-state index in [0.717, 1.165) is 37.0 Å². The topological polar surface area (TPSA) is 75.8 Å². The van der Waals surface area contributed by atoms with E-state index >= 15 is 0 Å². The van der Waals surface area contributed by atoms with Crippen molar-refractivity contribution in [3.63, 3.8) is 0 Å². The van der Waals surface area contributed by atoms with Gasteiger partial charge in [0.05, 0.1) is 18.3 Å². The molecule has 0 bridgehead atoms. The summed E-state index contributed by atoms with van der Waals surface area (Å²) in [5, 5.41) is 13.8. The lowest BCUT2D eigenvalue weighted by atomic mass is 9.88. The number of likely N-dealkylation sites (tertiary alicyclic amines) is 1. The summed E-state index contributed by atoms with van der Waals surface area (Å²) >= 11 is 0. The van der Waals surface area contributed by atoms with Gasteiger partial charge in [-0.25, -0.2) is 4.79 Å². The summed E-state index contributed by atoms with van der Waals surface area (Å²) in [6.45, 7) is 7.85. The number of aromatic hydroxyl groups is 1. The van der Waals surface area contributed by atoms with Crippen molar-refractivity contribution in [2.45, 2.75) is 39.7 Å². The Morgan fingerprint density at radius 2 is 1.88 bits per heavy atom. The summed E-state index contributed by atoms with van der Waals surface area (Å²) in [4.78, 5) is 20.2. The molecule has 2 aromatic carbocycles. The molecule has 4 aromatic rings. The van der Waals surface area contributed by atoms with Crippen molar-refractivity contribution < 1.29 is 19.1 Å². The van der Waals surface area contributed by atoms with E-state index in [1.807, 2.05) is 42.5 Å². The number of esters is 1. The zero-order chi connectivity index (χ0) is 23.8. The Labute approximate surface area is 199 Å². The molecule has 1 saturated heterocycles. The second-order valence-electron chi connectivity index (χ2n) is 9.14. The third-order valence-corrected chi connectivity index (χ3v) is 6.94. The lowest BCUT2D eigenvalue weighted by Crippen LogP contribution is -2.37. The summed E-state index contributed by atoms with van der Waals surface area (Å²) in [5.41, 5.74) is 2.45. The average molecular weight is 459 g/mol. The zero-order valence-corrected chi connectivity index (χ0v) is 19.9. The van der Waals surface area contributed by atoms with Gasteiger partial charge in [0.1, 0.15) is 22.7 Å². The molecular formula is C28H30N2O4. The monoisotopic (exact) mass is 458 g/mol. The van der Waals surface area contributed by atoms with Crippen LogP contribution in [0.4, 0.5) is 0 Å². The van der Waals surface area contributed by atoms with Gasteiger partial charge in [-0.05, 0) is 57.8 Å². The van der Waals surface area contributed by atoms with Crippen LogP contribution >= 0.6 is 0 Å². The maximum absolute atomic E-state index is 13.1. The minimum atomic E-state index is -0.443. The molecule has 6 heteroatoms. The molecule has 1 N–H and O–H groups in total. The molecule has 0 radical (unpaired) electrons. The van der Waals surface area contributed by atoms with Crippen molar-refractivity contribution in [2.24, 2.45) is 5.92 Å². The quantitative estimate of drug-likeness (QED) is 0.370. The van der Waals surface area contributed by atoms with Crippen molar-refractivity contribution in [3.8, 4) is 5.75 Å². The number of phenolic OH excluding ortho intramolecular Hbond substituents is 1. The van der Waals surface area contributed by atoms with Crippen LogP contribution in [0.3, 0.4) is 0 Å². The lowest BCUT2D eigenvalue weighted by Gasteiger charge is -2.37. The minimum Gasteiger partial charge on any atom is -0.507 e. The first kappa shape index (κ1) is 22.4. The molecule has 1 atom stereocenters. The van der Waals surface area contributed by atoms with Crippen molar-refractivity contribution in [1.29, 1.82) is 0 Å². The minimum absolute atomic E-state index is 0.156. The number of phenols is 1. The molecule has 1 fully saturated rings. The van der Waals surface area contributed by atoms with Crippen molar-refractivity contribution >= 4 is 27.7 Å². The maximum Gasteiger partial charge on any atom is 0.342 e. The number of benzene rings is 2. The number of aryl methyl sites for hydroxylation is 1. The van der Waals surface area contributed by atoms with Crippen molar-refractivity contribution in [2.75, 3.05) is 19.7 Å². The Kier molecular flexibility index (Phi) is 6.00. The number of carbonyl (C=O) groups excluding carboxylic acids is 1. The van der Waals surface area contributed by atoms with Gasteiger partial charge < -0.3 is 14.3 Å². The summed E-state index contributed by atoms with van der Waals surface area (Å²) in [5.74, 6) is 0.847. The molecule has 0 aliphatic carbocycles. The van der Waals surface area contributed by atoms with Crippen LogP contribution in [0.1, 0.15) is 60.1 Å². The number of hydrogen-bond acceptors (Lipinski definition) is 6. The highest BCUT2D eigenvalue weighted by atomic mass is 16.5. The number of ether oxygens (including phenoxy) is 1. The van der Waals surface area contributed by atoms with E-state index in [4.69, 9.17) is 14.1 Å². The molecule has 34 heavy (non-hydrogen) atoms. The highest BCUT2D eigenvalue weighted by Gasteiger charge is 2.35. The van der Waals surface area contributed by atoms with Gasteiger partial charge in [-0.3, -0.25) is 9.88 Å². The van der Waals surface area contributed by atoms with Crippen LogP contribution in [0, 0.1) is 12.8 Å². The van der Waals surface area contributed by atoms with Gasteiger partial charge in [0.25, 0.3) is 0 Å². The van der Waals surface area contributed by atoms with Crippen LogP contribution < -0.4 is 0 Å². The molecule has 3 heterocycles. The third kappa shape index (κ3) is 3.72. The molecule has 1 unspecified atom stereocenters. The second-order valence-corrected chi connectivity index (χ2v) is 9.14.